The van der Waals surface area contributed by atoms with Crippen molar-refractivity contribution in [1.29, 1.82) is 0 Å². The van der Waals surface area contributed by atoms with E-state index in [1.165, 1.54) is 6.92 Å². The van der Waals surface area contributed by atoms with Gasteiger partial charge in [-0.1, -0.05) is 0 Å². The lowest BCUT2D eigenvalue weighted by molar-refractivity contribution is 0.101. The van der Waals surface area contributed by atoms with E-state index in [4.69, 9.17) is 14.2 Å². The molecule has 0 amide bonds. The van der Waals surface area contributed by atoms with E-state index in [0.29, 0.717) is 30.4 Å². The van der Waals surface area contributed by atoms with Gasteiger partial charge in [-0.25, -0.2) is 27.2 Å². The van der Waals surface area contributed by atoms with Gasteiger partial charge in [0.2, 0.25) is 17.6 Å². The van der Waals surface area contributed by atoms with Gasteiger partial charge in [0.25, 0.3) is 0 Å². The molecule has 266 valence electrons. The largest absolute Gasteiger partial charge is 0.478 e. The van der Waals surface area contributed by atoms with Crippen LogP contribution in [0, 0.1) is 0 Å². The maximum atomic E-state index is 12.1. The van der Waals surface area contributed by atoms with Crippen LogP contribution >= 0.6 is 0 Å². The molecular formula is C32H50N8O6S2. The molecule has 3 aliphatic heterocycles. The van der Waals surface area contributed by atoms with Crippen LogP contribution in [0.1, 0.15) is 109 Å². The molecule has 3 aliphatic rings. The molecule has 1 N–H and O–H groups in total. The fraction of sp³-hybridized carbons (Fsp3) is 0.656. The molecule has 14 nitrogen and oxygen atoms in total. The van der Waals surface area contributed by atoms with Gasteiger partial charge in [-0.3, -0.25) is 4.79 Å². The third-order valence-electron chi connectivity index (χ3n) is 7.48. The summed E-state index contributed by atoms with van der Waals surface area (Å²) in [5.74, 6) is 2.20. The fourth-order valence-corrected chi connectivity index (χ4v) is 6.15. The molecule has 48 heavy (non-hydrogen) atoms. The SMILES string of the molecule is CC(=N[S@@](=O)C(C)(C)C)c1cnn2c1OCCC2.CC(=O)c1cnn2c1OCCC2.C[C@@H](N[S@@](=O)C(C)(C)C)c1cnn2c1OCCC2. The average molecular weight is 707 g/mol. The first kappa shape index (κ1) is 37.4. The van der Waals surface area contributed by atoms with Crippen molar-refractivity contribution in [3.63, 3.8) is 0 Å². The second kappa shape index (κ2) is 15.9. The molecule has 0 saturated heterocycles. The maximum absolute atomic E-state index is 12.1. The van der Waals surface area contributed by atoms with Gasteiger partial charge in [0.15, 0.2) is 5.78 Å². The van der Waals surface area contributed by atoms with Gasteiger partial charge >= 0.3 is 0 Å². The summed E-state index contributed by atoms with van der Waals surface area (Å²) >= 11 is 0. The number of hydrogen-bond donors (Lipinski definition) is 1. The summed E-state index contributed by atoms with van der Waals surface area (Å²) in [6.07, 6.45) is 8.04. The van der Waals surface area contributed by atoms with Gasteiger partial charge < -0.3 is 14.2 Å². The Bertz CT molecular complexity index is 1650. The number of aryl methyl sites for hydroxylation is 3. The number of carbonyl (C=O) groups excluding carboxylic acids is 1. The summed E-state index contributed by atoms with van der Waals surface area (Å²) in [7, 11) is -2.35. The number of fused-ring (bicyclic) bond motifs is 3. The van der Waals surface area contributed by atoms with Crippen molar-refractivity contribution in [2.45, 2.75) is 117 Å². The Morgan fingerprint density at radius 3 is 1.73 bits per heavy atom. The standard InChI is InChI=1S/C12H21N3O2S.C12H19N3O2S.C8H10N2O2/c2*1-9(14-18(16)12(2,3)4)10-8-13-15-6-5-7-17-11(10)15;1-6(11)7-5-9-10-3-2-4-12-8(7)10/h8-9,14H,5-7H2,1-4H3;8H,5-7H2,1-4H3;5H,2-4H2,1H3/t9-,18+;18-;/m10./s1. The van der Waals surface area contributed by atoms with Crippen molar-refractivity contribution >= 4 is 33.5 Å². The second-order valence-electron chi connectivity index (χ2n) is 13.7. The highest BCUT2D eigenvalue weighted by Gasteiger charge is 2.26. The van der Waals surface area contributed by atoms with Crippen LogP contribution in [0.4, 0.5) is 0 Å². The first-order valence-corrected chi connectivity index (χ1v) is 18.6. The van der Waals surface area contributed by atoms with Crippen LogP contribution in [0.25, 0.3) is 0 Å². The molecule has 0 spiro atoms. The van der Waals surface area contributed by atoms with Crippen LogP contribution in [0.5, 0.6) is 17.6 Å². The normalized spacial score (nSPS) is 17.6. The zero-order valence-electron chi connectivity index (χ0n) is 29.6. The molecule has 0 bridgehead atoms. The van der Waals surface area contributed by atoms with E-state index in [1.54, 1.807) is 23.3 Å². The van der Waals surface area contributed by atoms with E-state index in [9.17, 15) is 13.2 Å². The Morgan fingerprint density at radius 1 is 0.771 bits per heavy atom. The summed E-state index contributed by atoms with van der Waals surface area (Å²) in [6, 6.07) is -0.0353. The molecule has 16 heteroatoms. The van der Waals surface area contributed by atoms with Crippen molar-refractivity contribution in [2.75, 3.05) is 19.8 Å². The molecule has 0 saturated carbocycles. The molecule has 6 heterocycles. The number of nitrogens with one attached hydrogen (secondary N) is 1. The quantitative estimate of drug-likeness (QED) is 0.286. The highest BCUT2D eigenvalue weighted by molar-refractivity contribution is 7.85. The first-order chi connectivity index (χ1) is 22.6. The number of carbonyl (C=O) groups is 1. The van der Waals surface area contributed by atoms with Gasteiger partial charge in [-0.15, -0.1) is 0 Å². The number of rotatable bonds is 6. The molecule has 3 aromatic heterocycles. The van der Waals surface area contributed by atoms with Crippen molar-refractivity contribution in [3.05, 3.63) is 35.3 Å². The number of ketones is 1. The van der Waals surface area contributed by atoms with E-state index < -0.39 is 22.0 Å². The van der Waals surface area contributed by atoms with Gasteiger partial charge in [0.05, 0.1) is 81.3 Å². The molecule has 3 atom stereocenters. The number of ether oxygens (including phenoxy) is 3. The van der Waals surface area contributed by atoms with Crippen LogP contribution in [0.3, 0.4) is 0 Å². The summed E-state index contributed by atoms with van der Waals surface area (Å²) in [5, 5.41) is 12.6. The number of hydrogen-bond acceptors (Lipinski definition) is 9. The molecule has 0 radical (unpaired) electrons. The van der Waals surface area contributed by atoms with Crippen LogP contribution in [0.2, 0.25) is 0 Å². The Labute approximate surface area is 288 Å². The predicted molar refractivity (Wildman–Crippen MR) is 187 cm³/mol. The zero-order chi connectivity index (χ0) is 35.2. The van der Waals surface area contributed by atoms with Crippen LogP contribution in [0.15, 0.2) is 23.0 Å². The molecule has 3 aromatic rings. The Kier molecular flexibility index (Phi) is 12.4. The van der Waals surface area contributed by atoms with Crippen molar-refractivity contribution < 1.29 is 27.4 Å². The molecule has 6 rings (SSSR count). The van der Waals surface area contributed by atoms with Gasteiger partial charge in [0, 0.05) is 44.9 Å². The third-order valence-corrected chi connectivity index (χ3v) is 10.6. The third kappa shape index (κ3) is 9.41. The maximum Gasteiger partial charge on any atom is 0.222 e. The molecular weight excluding hydrogens is 657 g/mol. The van der Waals surface area contributed by atoms with E-state index in [-0.39, 0.29) is 21.3 Å². The molecule has 0 fully saturated rings. The lowest BCUT2D eigenvalue weighted by atomic mass is 10.2. The van der Waals surface area contributed by atoms with E-state index >= 15 is 0 Å². The molecule has 0 aliphatic carbocycles. The lowest BCUT2D eigenvalue weighted by Gasteiger charge is -2.23. The second-order valence-corrected chi connectivity index (χ2v) is 17.6. The fourth-order valence-electron chi connectivity index (χ4n) is 4.72. The molecule has 0 unspecified atom stereocenters. The topological polar surface area (TPSA) is 157 Å². The van der Waals surface area contributed by atoms with E-state index in [1.807, 2.05) is 64.8 Å². The number of aromatic nitrogens is 6. The molecule has 0 aromatic carbocycles. The number of Topliss-reactive ketones (excluding diaryl/α,β-unsaturated/α-hetero) is 1. The Morgan fingerprint density at radius 2 is 1.23 bits per heavy atom. The highest BCUT2D eigenvalue weighted by atomic mass is 32.2. The first-order valence-electron chi connectivity index (χ1n) is 16.3. The predicted octanol–water partition coefficient (Wildman–Crippen LogP) is 4.58. The van der Waals surface area contributed by atoms with Crippen molar-refractivity contribution in [3.8, 4) is 17.6 Å². The van der Waals surface area contributed by atoms with Gasteiger partial charge in [0.1, 0.15) is 11.0 Å². The van der Waals surface area contributed by atoms with Crippen LogP contribution in [-0.2, 0) is 41.6 Å². The summed E-state index contributed by atoms with van der Waals surface area (Å²) in [5.41, 5.74) is 3.13. The minimum Gasteiger partial charge on any atom is -0.478 e. The minimum atomic E-state index is -1.26. The summed E-state index contributed by atoms with van der Waals surface area (Å²) in [4.78, 5) is 11.0. The summed E-state index contributed by atoms with van der Waals surface area (Å²) < 4.78 is 52.8. The van der Waals surface area contributed by atoms with Gasteiger partial charge in [-0.05, 0) is 62.3 Å². The van der Waals surface area contributed by atoms with Crippen LogP contribution < -0.4 is 18.9 Å². The smallest absolute Gasteiger partial charge is 0.222 e. The van der Waals surface area contributed by atoms with E-state index in [2.05, 4.69) is 24.4 Å². The average Bonchev–Trinajstić information content (AvgIpc) is 3.77. The zero-order valence-corrected chi connectivity index (χ0v) is 31.2. The highest BCUT2D eigenvalue weighted by Crippen LogP contribution is 2.29. The van der Waals surface area contributed by atoms with E-state index in [0.717, 1.165) is 68.4 Å². The lowest BCUT2D eigenvalue weighted by Crippen LogP contribution is -2.35. The van der Waals surface area contributed by atoms with Crippen LogP contribution in [-0.4, -0.2) is 78.6 Å². The Balaban J connectivity index is 0.000000166. The number of nitrogens with zero attached hydrogens (tertiary/aromatic N) is 7. The minimum absolute atomic E-state index is 0.0122. The van der Waals surface area contributed by atoms with Gasteiger partial charge in [-0.2, -0.15) is 19.7 Å². The summed E-state index contributed by atoms with van der Waals surface area (Å²) in [6.45, 7) is 21.7. The monoisotopic (exact) mass is 706 g/mol. The van der Waals surface area contributed by atoms with Crippen molar-refractivity contribution in [2.24, 2.45) is 4.40 Å². The van der Waals surface area contributed by atoms with Crippen molar-refractivity contribution in [1.82, 2.24) is 34.1 Å². The Hall–Kier alpha value is -3.37.